The van der Waals surface area contributed by atoms with Crippen molar-refractivity contribution >= 4 is 49.7 Å². The van der Waals surface area contributed by atoms with Crippen LogP contribution >= 0.6 is 0 Å². The number of carbonyl (C=O) groups is 2. The maximum absolute atomic E-state index is 10.2. The number of carboxylic acids is 2. The third-order valence-electron chi connectivity index (χ3n) is 5.18. The van der Waals surface area contributed by atoms with Gasteiger partial charge in [0.2, 0.25) is 0 Å². The van der Waals surface area contributed by atoms with Crippen molar-refractivity contribution in [2.24, 2.45) is 11.8 Å². The van der Waals surface area contributed by atoms with Crippen LogP contribution in [0.1, 0.15) is 77.0 Å². The monoisotopic (exact) mass is 382 g/mol. The minimum absolute atomic E-state index is 0. The van der Waals surface area contributed by atoms with Gasteiger partial charge >= 0.3 is 37.7 Å². The molecule has 0 aliphatic heterocycles. The minimum Gasteiger partial charge on any atom is -0.550 e. The summed E-state index contributed by atoms with van der Waals surface area (Å²) in [6.45, 7) is 0. The Bertz CT molecular complexity index is 354. The molecule has 0 aromatic heterocycles. The van der Waals surface area contributed by atoms with E-state index in [9.17, 15) is 30.0 Å². The zero-order valence-electron chi connectivity index (χ0n) is 15.0. The first-order chi connectivity index (χ1) is 11.4. The van der Waals surface area contributed by atoms with Gasteiger partial charge in [-0.1, -0.05) is 25.7 Å². The summed E-state index contributed by atoms with van der Waals surface area (Å²) in [6, 6.07) is 0. The SMILES string of the molecule is O=C([O-])CC[C@@H]1CCCC[C@@H]1O.O=C([O-])CC[C@@H]1CCCC[C@@H]1O.[Ca+2]. The molecule has 0 saturated heterocycles. The fourth-order valence-electron chi connectivity index (χ4n) is 3.66. The molecule has 2 fully saturated rings. The molecule has 140 valence electrons. The first kappa shape index (κ1) is 25.1. The number of carbonyl (C=O) groups excluding carboxylic acids is 2. The molecule has 0 unspecified atom stereocenters. The second-order valence-corrected chi connectivity index (χ2v) is 7.05. The molecule has 25 heavy (non-hydrogen) atoms. The van der Waals surface area contributed by atoms with Gasteiger partial charge in [-0.15, -0.1) is 0 Å². The zero-order chi connectivity index (χ0) is 17.9. The molecule has 2 aliphatic rings. The average Bonchev–Trinajstić information content (AvgIpc) is 2.54. The topological polar surface area (TPSA) is 121 Å². The van der Waals surface area contributed by atoms with Crippen molar-refractivity contribution in [3.05, 3.63) is 0 Å². The van der Waals surface area contributed by atoms with E-state index >= 15 is 0 Å². The van der Waals surface area contributed by atoms with Gasteiger partial charge in [0.1, 0.15) is 0 Å². The van der Waals surface area contributed by atoms with Crippen LogP contribution in [0.3, 0.4) is 0 Å². The number of hydrogen-bond donors (Lipinski definition) is 2. The first-order valence-electron chi connectivity index (χ1n) is 9.16. The second-order valence-electron chi connectivity index (χ2n) is 7.05. The van der Waals surface area contributed by atoms with Gasteiger partial charge in [0.05, 0.1) is 12.2 Å². The summed E-state index contributed by atoms with van der Waals surface area (Å²) in [7, 11) is 0. The minimum atomic E-state index is -1.01. The maximum atomic E-state index is 10.2. The Hall–Kier alpha value is 0.120. The van der Waals surface area contributed by atoms with Crippen LogP contribution in [0.4, 0.5) is 0 Å². The van der Waals surface area contributed by atoms with E-state index in [2.05, 4.69) is 0 Å². The molecule has 0 amide bonds. The van der Waals surface area contributed by atoms with Crippen molar-refractivity contribution < 1.29 is 30.0 Å². The van der Waals surface area contributed by atoms with Gasteiger partial charge in [-0.25, -0.2) is 0 Å². The summed E-state index contributed by atoms with van der Waals surface area (Å²) in [5.74, 6) is -1.63. The normalized spacial score (nSPS) is 28.9. The quantitative estimate of drug-likeness (QED) is 0.611. The summed E-state index contributed by atoms with van der Waals surface area (Å²) >= 11 is 0. The molecule has 0 spiro atoms. The van der Waals surface area contributed by atoms with Crippen LogP contribution in [0.2, 0.25) is 0 Å². The molecule has 2 rings (SSSR count). The Labute approximate surface area is 180 Å². The number of aliphatic hydroxyl groups is 2. The number of aliphatic carboxylic acids is 2. The molecule has 2 N–H and O–H groups in total. The third kappa shape index (κ3) is 11.4. The molecule has 6 nitrogen and oxygen atoms in total. The molecular weight excluding hydrogens is 352 g/mol. The number of rotatable bonds is 6. The Morgan fingerprint density at radius 1 is 0.720 bits per heavy atom. The summed E-state index contributed by atoms with van der Waals surface area (Å²) in [6.07, 6.45) is 8.74. The van der Waals surface area contributed by atoms with E-state index in [4.69, 9.17) is 0 Å². The first-order valence-corrected chi connectivity index (χ1v) is 9.16. The van der Waals surface area contributed by atoms with E-state index in [0.29, 0.717) is 12.8 Å². The molecule has 4 atom stereocenters. The Morgan fingerprint density at radius 2 is 1.04 bits per heavy atom. The molecule has 0 radical (unpaired) electrons. The summed E-state index contributed by atoms with van der Waals surface area (Å²) in [5.41, 5.74) is 0. The third-order valence-corrected chi connectivity index (χ3v) is 5.18. The van der Waals surface area contributed by atoms with Crippen molar-refractivity contribution in [3.8, 4) is 0 Å². The standard InChI is InChI=1S/2C9H16O3.Ca/c2*10-8-4-2-1-3-7(8)5-6-9(11)12;/h2*7-8,10H,1-6H2,(H,11,12);/q;;+2/p-2/t2*7-,8-;/m00./s1. The van der Waals surface area contributed by atoms with Gasteiger partial charge in [-0.05, 0) is 63.2 Å². The van der Waals surface area contributed by atoms with Gasteiger partial charge in [0.15, 0.2) is 0 Å². The largest absolute Gasteiger partial charge is 2.00 e. The fourth-order valence-corrected chi connectivity index (χ4v) is 3.66. The molecule has 2 saturated carbocycles. The van der Waals surface area contributed by atoms with Crippen LogP contribution in [0, 0.1) is 11.8 Å². The van der Waals surface area contributed by atoms with E-state index in [1.54, 1.807) is 0 Å². The maximum Gasteiger partial charge on any atom is 2.00 e. The van der Waals surface area contributed by atoms with Gasteiger partial charge in [-0.2, -0.15) is 0 Å². The molecule has 0 aromatic carbocycles. The Morgan fingerprint density at radius 3 is 1.32 bits per heavy atom. The fraction of sp³-hybridized carbons (Fsp3) is 0.889. The number of carboxylic acid groups (broad SMARTS) is 2. The van der Waals surface area contributed by atoms with Gasteiger partial charge in [-0.3, -0.25) is 0 Å². The molecule has 2 aliphatic carbocycles. The van der Waals surface area contributed by atoms with Crippen molar-refractivity contribution in [2.75, 3.05) is 0 Å². The van der Waals surface area contributed by atoms with Crippen molar-refractivity contribution in [1.29, 1.82) is 0 Å². The Balaban J connectivity index is 0.000000443. The van der Waals surface area contributed by atoms with Crippen LogP contribution in [-0.2, 0) is 9.59 Å². The summed E-state index contributed by atoms with van der Waals surface area (Å²) in [4.78, 5) is 20.3. The smallest absolute Gasteiger partial charge is 0.550 e. The van der Waals surface area contributed by atoms with Crippen molar-refractivity contribution in [1.82, 2.24) is 0 Å². The van der Waals surface area contributed by atoms with Crippen LogP contribution in [0.25, 0.3) is 0 Å². The van der Waals surface area contributed by atoms with E-state index in [0.717, 1.165) is 51.4 Å². The predicted molar refractivity (Wildman–Crippen MR) is 90.2 cm³/mol. The zero-order valence-corrected chi connectivity index (χ0v) is 17.2. The van der Waals surface area contributed by atoms with E-state index in [1.165, 1.54) is 0 Å². The molecule has 0 heterocycles. The second kappa shape index (κ2) is 14.2. The summed E-state index contributed by atoms with van der Waals surface area (Å²) < 4.78 is 0. The van der Waals surface area contributed by atoms with E-state index in [-0.39, 0.29) is 74.6 Å². The van der Waals surface area contributed by atoms with Crippen molar-refractivity contribution in [2.45, 2.75) is 89.3 Å². The molecule has 0 aromatic rings. The van der Waals surface area contributed by atoms with Crippen LogP contribution < -0.4 is 10.2 Å². The number of aliphatic hydroxyl groups excluding tert-OH is 2. The van der Waals surface area contributed by atoms with Gasteiger partial charge in [0.25, 0.3) is 0 Å². The van der Waals surface area contributed by atoms with Crippen LogP contribution in [0.5, 0.6) is 0 Å². The predicted octanol–water partition coefficient (Wildman–Crippen LogP) is -0.246. The van der Waals surface area contributed by atoms with Gasteiger partial charge in [0, 0.05) is 11.9 Å². The van der Waals surface area contributed by atoms with Gasteiger partial charge < -0.3 is 30.0 Å². The van der Waals surface area contributed by atoms with E-state index in [1.807, 2.05) is 0 Å². The average molecular weight is 383 g/mol. The number of hydrogen-bond acceptors (Lipinski definition) is 6. The van der Waals surface area contributed by atoms with Crippen LogP contribution in [-0.4, -0.2) is 72.1 Å². The molecule has 0 bridgehead atoms. The summed E-state index contributed by atoms with van der Waals surface area (Å²) in [5, 5.41) is 39.2. The molecule has 7 heteroatoms. The Kier molecular flexibility index (Phi) is 14.3. The molecular formula is C18H30CaO6. The van der Waals surface area contributed by atoms with E-state index < -0.39 is 11.9 Å². The van der Waals surface area contributed by atoms with Crippen LogP contribution in [0.15, 0.2) is 0 Å². The van der Waals surface area contributed by atoms with Crippen molar-refractivity contribution in [3.63, 3.8) is 0 Å².